The zero-order valence-corrected chi connectivity index (χ0v) is 3.85. The molecule has 0 aromatic rings. The lowest BCUT2D eigenvalue weighted by molar-refractivity contribution is 0.894. The van der Waals surface area contributed by atoms with Gasteiger partial charge in [0.05, 0.1) is 0 Å². The van der Waals surface area contributed by atoms with E-state index < -0.39 is 0 Å². The van der Waals surface area contributed by atoms with Crippen molar-refractivity contribution in [3.63, 3.8) is 0 Å². The average molecular weight is 81.1 g/mol. The summed E-state index contributed by atoms with van der Waals surface area (Å²) in [5, 5.41) is 0. The van der Waals surface area contributed by atoms with Gasteiger partial charge in [-0.1, -0.05) is 6.08 Å². The topological polar surface area (TPSA) is 0 Å². The molecule has 0 aromatic heterocycles. The average Bonchev–Trinajstić information content (AvgIpc) is 2.21. The van der Waals surface area contributed by atoms with Gasteiger partial charge in [0.15, 0.2) is 0 Å². The molecule has 33 valence electrons. The second kappa shape index (κ2) is 1.46. The SMILES string of the molecule is C=CCC1[CH]C1. The summed E-state index contributed by atoms with van der Waals surface area (Å²) in [5.74, 6) is 0.905. The lowest BCUT2D eigenvalue weighted by atomic mass is 10.3. The van der Waals surface area contributed by atoms with E-state index in [4.69, 9.17) is 0 Å². The van der Waals surface area contributed by atoms with Crippen LogP contribution in [0.4, 0.5) is 0 Å². The van der Waals surface area contributed by atoms with Crippen molar-refractivity contribution in [2.75, 3.05) is 0 Å². The maximum absolute atomic E-state index is 3.62. The Morgan fingerprint density at radius 2 is 2.67 bits per heavy atom. The van der Waals surface area contributed by atoms with Crippen LogP contribution in [0.1, 0.15) is 12.8 Å². The molecule has 1 rings (SSSR count). The smallest absolute Gasteiger partial charge is 0.0322 e. The largest absolute Gasteiger partial charge is 0.103 e. The molecule has 0 aliphatic heterocycles. The Labute approximate surface area is 38.9 Å². The molecule has 1 radical (unpaired) electrons. The quantitative estimate of drug-likeness (QED) is 0.444. The highest BCUT2D eigenvalue weighted by atomic mass is 14.2. The van der Waals surface area contributed by atoms with Crippen LogP contribution in [0.5, 0.6) is 0 Å². The summed E-state index contributed by atoms with van der Waals surface area (Å²) in [7, 11) is 0. The van der Waals surface area contributed by atoms with Gasteiger partial charge in [0.1, 0.15) is 0 Å². The molecule has 6 heavy (non-hydrogen) atoms. The van der Waals surface area contributed by atoms with Crippen molar-refractivity contribution < 1.29 is 0 Å². The van der Waals surface area contributed by atoms with Crippen LogP contribution in [-0.2, 0) is 0 Å². The van der Waals surface area contributed by atoms with E-state index in [1.54, 1.807) is 0 Å². The Hall–Kier alpha value is -0.260. The van der Waals surface area contributed by atoms with Gasteiger partial charge in [-0.2, -0.15) is 0 Å². The predicted molar refractivity (Wildman–Crippen MR) is 27.2 cm³/mol. The van der Waals surface area contributed by atoms with Crippen LogP contribution >= 0.6 is 0 Å². The summed E-state index contributed by atoms with van der Waals surface area (Å²) in [5.41, 5.74) is 0. The summed E-state index contributed by atoms with van der Waals surface area (Å²) in [4.78, 5) is 0. The van der Waals surface area contributed by atoms with Crippen LogP contribution in [0, 0.1) is 12.3 Å². The van der Waals surface area contributed by atoms with Gasteiger partial charge in [0, 0.05) is 0 Å². The molecule has 1 aliphatic rings. The maximum Gasteiger partial charge on any atom is -0.0322 e. The maximum atomic E-state index is 3.62. The van der Waals surface area contributed by atoms with E-state index in [2.05, 4.69) is 13.0 Å². The second-order valence-electron chi connectivity index (χ2n) is 1.76. The standard InChI is InChI=1S/C6H9/c1-2-3-6-4-5-6/h2,4,6H,1,3,5H2. The lowest BCUT2D eigenvalue weighted by Crippen LogP contribution is -1.63. The third kappa shape index (κ3) is 0.852. The van der Waals surface area contributed by atoms with E-state index in [9.17, 15) is 0 Å². The van der Waals surface area contributed by atoms with E-state index in [-0.39, 0.29) is 0 Å². The summed E-state index contributed by atoms with van der Waals surface area (Å²) >= 11 is 0. The first-order valence-electron chi connectivity index (χ1n) is 2.37. The minimum absolute atomic E-state index is 0.905. The van der Waals surface area contributed by atoms with Gasteiger partial charge in [-0.25, -0.2) is 0 Å². The molecule has 1 fully saturated rings. The van der Waals surface area contributed by atoms with Gasteiger partial charge < -0.3 is 0 Å². The fraction of sp³-hybridized carbons (Fsp3) is 0.500. The number of allylic oxidation sites excluding steroid dienone is 1. The zero-order chi connectivity index (χ0) is 4.41. The van der Waals surface area contributed by atoms with Crippen LogP contribution in [-0.4, -0.2) is 0 Å². The van der Waals surface area contributed by atoms with Crippen molar-refractivity contribution in [2.24, 2.45) is 5.92 Å². The highest BCUT2D eigenvalue weighted by Gasteiger charge is 2.18. The van der Waals surface area contributed by atoms with Crippen molar-refractivity contribution in [3.8, 4) is 0 Å². The molecule has 0 saturated heterocycles. The fourth-order valence-electron chi connectivity index (χ4n) is 0.503. The summed E-state index contributed by atoms with van der Waals surface area (Å²) in [6, 6.07) is 0. The van der Waals surface area contributed by atoms with Crippen molar-refractivity contribution in [2.45, 2.75) is 12.8 Å². The number of rotatable bonds is 2. The first-order chi connectivity index (χ1) is 2.93. The molecule has 1 saturated carbocycles. The molecule has 1 unspecified atom stereocenters. The minimum Gasteiger partial charge on any atom is -0.103 e. The summed E-state index contributed by atoms with van der Waals surface area (Å²) in [6.07, 6.45) is 6.81. The molecule has 0 heteroatoms. The molecular formula is C6H9. The third-order valence-electron chi connectivity index (χ3n) is 1.04. The van der Waals surface area contributed by atoms with Crippen LogP contribution in [0.15, 0.2) is 12.7 Å². The van der Waals surface area contributed by atoms with E-state index in [0.717, 1.165) is 5.92 Å². The summed E-state index contributed by atoms with van der Waals surface area (Å²) < 4.78 is 0. The fourth-order valence-corrected chi connectivity index (χ4v) is 0.503. The van der Waals surface area contributed by atoms with Gasteiger partial charge in [-0.3, -0.25) is 0 Å². The van der Waals surface area contributed by atoms with E-state index in [1.165, 1.54) is 12.8 Å². The third-order valence-corrected chi connectivity index (χ3v) is 1.04. The molecule has 0 heterocycles. The highest BCUT2D eigenvalue weighted by molar-refractivity contribution is 4.97. The first-order valence-corrected chi connectivity index (χ1v) is 2.37. The predicted octanol–water partition coefficient (Wildman–Crippen LogP) is 1.79. The second-order valence-corrected chi connectivity index (χ2v) is 1.76. The van der Waals surface area contributed by atoms with E-state index >= 15 is 0 Å². The molecule has 0 aromatic carbocycles. The Balaban J connectivity index is 2.00. The number of hydrogen-bond acceptors (Lipinski definition) is 0. The normalized spacial score (nSPS) is 20.7. The Kier molecular flexibility index (Phi) is 0.952. The molecule has 1 aliphatic carbocycles. The lowest BCUT2D eigenvalue weighted by Gasteiger charge is -1.76. The van der Waals surface area contributed by atoms with Crippen molar-refractivity contribution in [1.29, 1.82) is 0 Å². The molecule has 0 spiro atoms. The molecule has 0 nitrogen and oxygen atoms in total. The molecule has 0 bridgehead atoms. The van der Waals surface area contributed by atoms with Gasteiger partial charge in [-0.15, -0.1) is 6.58 Å². The molecule has 1 atom stereocenters. The van der Waals surface area contributed by atoms with Crippen LogP contribution < -0.4 is 0 Å². The van der Waals surface area contributed by atoms with Crippen LogP contribution in [0.25, 0.3) is 0 Å². The zero-order valence-electron chi connectivity index (χ0n) is 3.85. The van der Waals surface area contributed by atoms with Crippen molar-refractivity contribution in [1.82, 2.24) is 0 Å². The van der Waals surface area contributed by atoms with Crippen molar-refractivity contribution >= 4 is 0 Å². The first kappa shape index (κ1) is 3.91. The van der Waals surface area contributed by atoms with Crippen molar-refractivity contribution in [3.05, 3.63) is 19.1 Å². The Bertz CT molecular complexity index is 51.1. The Morgan fingerprint density at radius 1 is 2.00 bits per heavy atom. The molecule has 0 N–H and O–H groups in total. The van der Waals surface area contributed by atoms with Gasteiger partial charge in [-0.05, 0) is 25.2 Å². The van der Waals surface area contributed by atoms with Crippen LogP contribution in [0.3, 0.4) is 0 Å². The highest BCUT2D eigenvalue weighted by Crippen LogP contribution is 2.30. The van der Waals surface area contributed by atoms with Crippen LogP contribution in [0.2, 0.25) is 0 Å². The van der Waals surface area contributed by atoms with E-state index in [0.29, 0.717) is 0 Å². The monoisotopic (exact) mass is 81.1 g/mol. The minimum atomic E-state index is 0.905. The Morgan fingerprint density at radius 3 is 2.83 bits per heavy atom. The molecule has 0 amide bonds. The molecular weight excluding hydrogens is 72.1 g/mol. The van der Waals surface area contributed by atoms with E-state index in [1.807, 2.05) is 6.08 Å². The van der Waals surface area contributed by atoms with Gasteiger partial charge in [0.2, 0.25) is 0 Å². The van der Waals surface area contributed by atoms with Gasteiger partial charge >= 0.3 is 0 Å². The summed E-state index contributed by atoms with van der Waals surface area (Å²) in [6.45, 7) is 3.62. The van der Waals surface area contributed by atoms with Gasteiger partial charge in [0.25, 0.3) is 0 Å². The number of hydrogen-bond donors (Lipinski definition) is 0.